The van der Waals surface area contributed by atoms with E-state index in [9.17, 15) is 0 Å². The smallest absolute Gasteiger partial charge is 0.129 e. The predicted molar refractivity (Wildman–Crippen MR) is 60.0 cm³/mol. The summed E-state index contributed by atoms with van der Waals surface area (Å²) in [6, 6.07) is 2.55. The summed E-state index contributed by atoms with van der Waals surface area (Å²) >= 11 is 3.39. The number of hydrogen-bond donors (Lipinski definition) is 1. The van der Waals surface area contributed by atoms with Gasteiger partial charge in [-0.1, -0.05) is 6.92 Å². The Morgan fingerprint density at radius 3 is 2.85 bits per heavy atom. The Labute approximate surface area is 87.9 Å². The third kappa shape index (κ3) is 2.99. The fourth-order valence-electron chi connectivity index (χ4n) is 1.03. The Bertz CT molecular complexity index is 286. The Morgan fingerprint density at radius 2 is 2.31 bits per heavy atom. The third-order valence-electron chi connectivity index (χ3n) is 2.04. The van der Waals surface area contributed by atoms with Gasteiger partial charge >= 0.3 is 0 Å². The molecule has 0 aliphatic rings. The van der Waals surface area contributed by atoms with E-state index in [4.69, 9.17) is 0 Å². The van der Waals surface area contributed by atoms with Crippen molar-refractivity contribution in [2.24, 2.45) is 0 Å². The van der Waals surface area contributed by atoms with Gasteiger partial charge < -0.3 is 5.32 Å². The zero-order valence-corrected chi connectivity index (χ0v) is 9.85. The highest BCUT2D eigenvalue weighted by atomic mass is 79.9. The molecule has 1 rings (SSSR count). The van der Waals surface area contributed by atoms with E-state index in [2.05, 4.69) is 53.1 Å². The first-order chi connectivity index (χ1) is 6.13. The maximum atomic E-state index is 4.31. The summed E-state index contributed by atoms with van der Waals surface area (Å²) in [5.41, 5.74) is 1.18. The van der Waals surface area contributed by atoms with Crippen LogP contribution in [0, 0.1) is 6.92 Å². The minimum atomic E-state index is 0.479. The highest BCUT2D eigenvalue weighted by Crippen LogP contribution is 2.17. The summed E-state index contributed by atoms with van der Waals surface area (Å²) in [5, 5.41) is 3.36. The standard InChI is InChI=1S/C10H15BrN2/c1-4-8(3)13-10-7(2)5-9(11)6-12-10/h5-6,8H,4H2,1-3H3,(H,12,13)/t8-/m1/s1. The molecule has 0 saturated heterocycles. The van der Waals surface area contributed by atoms with Gasteiger partial charge in [0.1, 0.15) is 5.82 Å². The summed E-state index contributed by atoms with van der Waals surface area (Å²) in [4.78, 5) is 4.31. The van der Waals surface area contributed by atoms with E-state index in [1.165, 1.54) is 5.56 Å². The number of aryl methyl sites for hydroxylation is 1. The van der Waals surface area contributed by atoms with Crippen LogP contribution in [0.15, 0.2) is 16.7 Å². The van der Waals surface area contributed by atoms with Gasteiger partial charge in [-0.05, 0) is 47.8 Å². The molecule has 2 nitrogen and oxygen atoms in total. The van der Waals surface area contributed by atoms with Crippen molar-refractivity contribution in [1.29, 1.82) is 0 Å². The number of aromatic nitrogens is 1. The van der Waals surface area contributed by atoms with E-state index < -0.39 is 0 Å². The molecule has 1 heterocycles. The van der Waals surface area contributed by atoms with Gasteiger partial charge in [-0.2, -0.15) is 0 Å². The summed E-state index contributed by atoms with van der Waals surface area (Å²) in [5.74, 6) is 0.984. The number of pyridine rings is 1. The monoisotopic (exact) mass is 242 g/mol. The van der Waals surface area contributed by atoms with Gasteiger partial charge in [-0.3, -0.25) is 0 Å². The number of anilines is 1. The number of hydrogen-bond acceptors (Lipinski definition) is 2. The lowest BCUT2D eigenvalue weighted by molar-refractivity contribution is 0.758. The van der Waals surface area contributed by atoms with Gasteiger partial charge in [0.05, 0.1) is 0 Å². The molecule has 13 heavy (non-hydrogen) atoms. The molecule has 0 radical (unpaired) electrons. The lowest BCUT2D eigenvalue weighted by Gasteiger charge is -2.13. The van der Waals surface area contributed by atoms with E-state index in [0.717, 1.165) is 16.7 Å². The molecule has 0 aliphatic heterocycles. The first kappa shape index (κ1) is 10.5. The third-order valence-corrected chi connectivity index (χ3v) is 2.47. The van der Waals surface area contributed by atoms with Crippen LogP contribution >= 0.6 is 15.9 Å². The van der Waals surface area contributed by atoms with Gasteiger partial charge in [0.2, 0.25) is 0 Å². The van der Waals surface area contributed by atoms with Crippen molar-refractivity contribution < 1.29 is 0 Å². The van der Waals surface area contributed by atoms with Crippen molar-refractivity contribution in [3.05, 3.63) is 22.3 Å². The average Bonchev–Trinajstić information content (AvgIpc) is 2.09. The molecule has 0 amide bonds. The molecule has 1 N–H and O–H groups in total. The van der Waals surface area contributed by atoms with Crippen LogP contribution in [0.3, 0.4) is 0 Å². The fraction of sp³-hybridized carbons (Fsp3) is 0.500. The van der Waals surface area contributed by atoms with Crippen molar-refractivity contribution in [3.63, 3.8) is 0 Å². The molecule has 0 saturated carbocycles. The van der Waals surface area contributed by atoms with E-state index in [0.29, 0.717) is 6.04 Å². The maximum absolute atomic E-state index is 4.31. The van der Waals surface area contributed by atoms with Crippen LogP contribution in [0.25, 0.3) is 0 Å². The molecule has 0 bridgehead atoms. The Kier molecular flexibility index (Phi) is 3.72. The molecule has 3 heteroatoms. The number of nitrogens with one attached hydrogen (secondary N) is 1. The Balaban J connectivity index is 2.77. The van der Waals surface area contributed by atoms with Crippen LogP contribution in [0.4, 0.5) is 5.82 Å². The molecular formula is C10H15BrN2. The summed E-state index contributed by atoms with van der Waals surface area (Å²) in [6.45, 7) is 6.37. The first-order valence-corrected chi connectivity index (χ1v) is 5.31. The van der Waals surface area contributed by atoms with Gasteiger partial charge in [-0.15, -0.1) is 0 Å². The molecule has 0 aromatic carbocycles. The van der Waals surface area contributed by atoms with E-state index in [-0.39, 0.29) is 0 Å². The Hall–Kier alpha value is -0.570. The number of nitrogens with zero attached hydrogens (tertiary/aromatic N) is 1. The van der Waals surface area contributed by atoms with Gasteiger partial charge in [-0.25, -0.2) is 4.98 Å². The lowest BCUT2D eigenvalue weighted by Crippen LogP contribution is -2.15. The van der Waals surface area contributed by atoms with Crippen molar-refractivity contribution >= 4 is 21.7 Å². The second kappa shape index (κ2) is 4.61. The first-order valence-electron chi connectivity index (χ1n) is 4.52. The molecular weight excluding hydrogens is 228 g/mol. The molecule has 1 aromatic heterocycles. The number of rotatable bonds is 3. The average molecular weight is 243 g/mol. The number of halogens is 1. The fourth-order valence-corrected chi connectivity index (χ4v) is 1.47. The van der Waals surface area contributed by atoms with Crippen LogP contribution < -0.4 is 5.32 Å². The van der Waals surface area contributed by atoms with Crippen molar-refractivity contribution in [2.75, 3.05) is 5.32 Å². The highest BCUT2D eigenvalue weighted by molar-refractivity contribution is 9.10. The second-order valence-corrected chi connectivity index (χ2v) is 4.19. The Morgan fingerprint density at radius 1 is 1.62 bits per heavy atom. The molecule has 72 valence electrons. The minimum absolute atomic E-state index is 0.479. The second-order valence-electron chi connectivity index (χ2n) is 3.27. The molecule has 1 atom stereocenters. The summed E-state index contributed by atoms with van der Waals surface area (Å²) < 4.78 is 1.03. The molecule has 1 aromatic rings. The molecule has 0 unspecified atom stereocenters. The van der Waals surface area contributed by atoms with Crippen LogP contribution in [-0.4, -0.2) is 11.0 Å². The predicted octanol–water partition coefficient (Wildman–Crippen LogP) is 3.36. The normalized spacial score (nSPS) is 12.6. The van der Waals surface area contributed by atoms with Crippen LogP contribution in [-0.2, 0) is 0 Å². The maximum Gasteiger partial charge on any atom is 0.129 e. The van der Waals surface area contributed by atoms with Crippen LogP contribution in [0.1, 0.15) is 25.8 Å². The zero-order valence-electron chi connectivity index (χ0n) is 8.26. The SMILES string of the molecule is CC[C@@H](C)Nc1ncc(Br)cc1C. The van der Waals surface area contributed by atoms with E-state index in [1.54, 1.807) is 0 Å². The van der Waals surface area contributed by atoms with E-state index >= 15 is 0 Å². The summed E-state index contributed by atoms with van der Waals surface area (Å²) in [7, 11) is 0. The van der Waals surface area contributed by atoms with Crippen LogP contribution in [0.5, 0.6) is 0 Å². The van der Waals surface area contributed by atoms with Gasteiger partial charge in [0, 0.05) is 16.7 Å². The molecule has 0 spiro atoms. The van der Waals surface area contributed by atoms with Crippen LogP contribution in [0.2, 0.25) is 0 Å². The minimum Gasteiger partial charge on any atom is -0.367 e. The van der Waals surface area contributed by atoms with Crippen molar-refractivity contribution in [1.82, 2.24) is 4.98 Å². The van der Waals surface area contributed by atoms with Gasteiger partial charge in [0.25, 0.3) is 0 Å². The largest absolute Gasteiger partial charge is 0.367 e. The lowest BCUT2D eigenvalue weighted by atomic mass is 10.2. The van der Waals surface area contributed by atoms with Gasteiger partial charge in [0.15, 0.2) is 0 Å². The molecule has 0 aliphatic carbocycles. The topological polar surface area (TPSA) is 24.9 Å². The molecule has 0 fully saturated rings. The summed E-state index contributed by atoms with van der Waals surface area (Å²) in [6.07, 6.45) is 2.93. The zero-order chi connectivity index (χ0) is 9.84. The van der Waals surface area contributed by atoms with Crippen molar-refractivity contribution in [2.45, 2.75) is 33.2 Å². The quantitative estimate of drug-likeness (QED) is 0.880. The highest BCUT2D eigenvalue weighted by Gasteiger charge is 2.03. The van der Waals surface area contributed by atoms with E-state index in [1.807, 2.05) is 6.20 Å². The van der Waals surface area contributed by atoms with Crippen molar-refractivity contribution in [3.8, 4) is 0 Å².